The number of carbonyl (C=O) groups excluding carboxylic acids is 2. The molecule has 144 valence electrons. The predicted octanol–water partition coefficient (Wildman–Crippen LogP) is 2.37. The quantitative estimate of drug-likeness (QED) is 0.670. The molecule has 0 radical (unpaired) electrons. The molecular weight excluding hydrogens is 376 g/mol. The van der Waals surface area contributed by atoms with E-state index in [-0.39, 0.29) is 23.7 Å². The van der Waals surface area contributed by atoms with Crippen LogP contribution >= 0.6 is 11.8 Å². The van der Waals surface area contributed by atoms with Crippen molar-refractivity contribution in [3.8, 4) is 0 Å². The normalized spacial score (nSPS) is 10.7. The number of thioether (sulfide) groups is 1. The third-order valence-corrected chi connectivity index (χ3v) is 5.06. The van der Waals surface area contributed by atoms with Crippen molar-refractivity contribution in [1.82, 2.24) is 14.7 Å². The molecule has 8 heteroatoms. The Morgan fingerprint density at radius 1 is 1.11 bits per heavy atom. The summed E-state index contributed by atoms with van der Waals surface area (Å²) in [7, 11) is 3.03. The molecule has 3 rings (SSSR count). The van der Waals surface area contributed by atoms with Crippen LogP contribution in [0.15, 0.2) is 58.2 Å². The van der Waals surface area contributed by atoms with Crippen LogP contribution in [0, 0.1) is 0 Å². The van der Waals surface area contributed by atoms with Crippen molar-refractivity contribution in [1.29, 1.82) is 0 Å². The lowest BCUT2D eigenvalue weighted by Crippen LogP contribution is -2.36. The number of nitrogens with zero attached hydrogens (tertiary/aromatic N) is 3. The minimum Gasteiger partial charge on any atom is -0.331 e. The molecule has 0 bridgehead atoms. The number of nitrogens with one attached hydrogen (secondary N) is 1. The van der Waals surface area contributed by atoms with E-state index in [9.17, 15) is 14.4 Å². The Bertz CT molecular complexity index is 1110. The van der Waals surface area contributed by atoms with Crippen molar-refractivity contribution in [3.63, 3.8) is 0 Å². The molecule has 0 aliphatic heterocycles. The van der Waals surface area contributed by atoms with Crippen LogP contribution in [-0.2, 0) is 11.8 Å². The van der Waals surface area contributed by atoms with Gasteiger partial charge in [-0.15, -0.1) is 11.8 Å². The second kappa shape index (κ2) is 8.26. The van der Waals surface area contributed by atoms with Gasteiger partial charge in [0.15, 0.2) is 5.69 Å². The monoisotopic (exact) mass is 396 g/mol. The fourth-order valence-corrected chi connectivity index (χ4v) is 3.42. The van der Waals surface area contributed by atoms with E-state index in [1.165, 1.54) is 30.8 Å². The van der Waals surface area contributed by atoms with Gasteiger partial charge in [-0.05, 0) is 24.5 Å². The van der Waals surface area contributed by atoms with Crippen LogP contribution in [0.1, 0.15) is 10.5 Å². The van der Waals surface area contributed by atoms with E-state index >= 15 is 0 Å². The Labute approximate surface area is 166 Å². The average molecular weight is 396 g/mol. The summed E-state index contributed by atoms with van der Waals surface area (Å²) < 4.78 is 1.14. The number of hydrogen-bond donors (Lipinski definition) is 1. The van der Waals surface area contributed by atoms with Gasteiger partial charge in [-0.3, -0.25) is 14.4 Å². The van der Waals surface area contributed by atoms with E-state index in [0.717, 1.165) is 9.58 Å². The summed E-state index contributed by atoms with van der Waals surface area (Å²) in [5, 5.41) is 7.83. The summed E-state index contributed by atoms with van der Waals surface area (Å²) >= 11 is 1.53. The zero-order chi connectivity index (χ0) is 20.3. The smallest absolute Gasteiger partial charge is 0.275 e. The molecule has 0 atom stereocenters. The lowest BCUT2D eigenvalue weighted by molar-refractivity contribution is -0.116. The number of anilines is 1. The van der Waals surface area contributed by atoms with Gasteiger partial charge in [-0.2, -0.15) is 5.10 Å². The van der Waals surface area contributed by atoms with Crippen LogP contribution in [-0.4, -0.2) is 46.3 Å². The molecule has 0 aliphatic carbocycles. The van der Waals surface area contributed by atoms with Crippen molar-refractivity contribution in [2.45, 2.75) is 4.90 Å². The number of benzene rings is 2. The summed E-state index contributed by atoms with van der Waals surface area (Å²) in [4.78, 5) is 39.8. The molecule has 0 aliphatic rings. The van der Waals surface area contributed by atoms with Crippen LogP contribution in [0.4, 0.5) is 5.69 Å². The van der Waals surface area contributed by atoms with E-state index in [1.54, 1.807) is 24.3 Å². The maximum atomic E-state index is 12.9. The van der Waals surface area contributed by atoms with E-state index in [4.69, 9.17) is 0 Å². The highest BCUT2D eigenvalue weighted by Gasteiger charge is 2.21. The lowest BCUT2D eigenvalue weighted by atomic mass is 10.1. The number of hydrogen-bond acceptors (Lipinski definition) is 5. The predicted molar refractivity (Wildman–Crippen MR) is 111 cm³/mol. The zero-order valence-corrected chi connectivity index (χ0v) is 16.6. The molecule has 3 aromatic rings. The highest BCUT2D eigenvalue weighted by atomic mass is 32.2. The number of aryl methyl sites for hydroxylation is 1. The van der Waals surface area contributed by atoms with Gasteiger partial charge >= 0.3 is 0 Å². The van der Waals surface area contributed by atoms with E-state index in [2.05, 4.69) is 10.4 Å². The standard InChI is InChI=1S/C20H20N4O3S/c1-23(12-17(25)21-15-10-6-7-11-16(15)28-3)20(27)18-13-8-4-5-9-14(13)19(26)24(2)22-18/h4-11H,12H2,1-3H3,(H,21,25). The Kier molecular flexibility index (Phi) is 5.79. The van der Waals surface area contributed by atoms with Crippen molar-refractivity contribution < 1.29 is 9.59 Å². The third-order valence-electron chi connectivity index (χ3n) is 4.27. The van der Waals surface area contributed by atoms with Gasteiger partial charge in [-0.25, -0.2) is 4.68 Å². The SMILES string of the molecule is CSc1ccccc1NC(=O)CN(C)C(=O)c1nn(C)c(=O)c2ccccc12. The number of likely N-dealkylation sites (N-methyl/N-ethyl adjacent to an activating group) is 1. The summed E-state index contributed by atoms with van der Waals surface area (Å²) in [6.07, 6.45) is 1.93. The highest BCUT2D eigenvalue weighted by Crippen LogP contribution is 2.24. The molecule has 0 fully saturated rings. The summed E-state index contributed by atoms with van der Waals surface area (Å²) in [5.41, 5.74) is 0.560. The molecular formula is C20H20N4O3S. The van der Waals surface area contributed by atoms with Crippen LogP contribution in [0.3, 0.4) is 0 Å². The third kappa shape index (κ3) is 3.91. The van der Waals surface area contributed by atoms with Crippen molar-refractivity contribution in [2.75, 3.05) is 25.2 Å². The first-order valence-electron chi connectivity index (χ1n) is 8.56. The molecule has 1 N–H and O–H groups in total. The largest absolute Gasteiger partial charge is 0.331 e. The first-order chi connectivity index (χ1) is 13.4. The maximum absolute atomic E-state index is 12.9. The van der Waals surface area contributed by atoms with Crippen molar-refractivity contribution >= 4 is 40.0 Å². The fraction of sp³-hybridized carbons (Fsp3) is 0.200. The first-order valence-corrected chi connectivity index (χ1v) is 9.79. The molecule has 2 aromatic carbocycles. The van der Waals surface area contributed by atoms with E-state index in [1.807, 2.05) is 30.5 Å². The molecule has 7 nitrogen and oxygen atoms in total. The molecule has 0 saturated carbocycles. The minimum atomic E-state index is -0.430. The Morgan fingerprint density at radius 2 is 1.75 bits per heavy atom. The maximum Gasteiger partial charge on any atom is 0.275 e. The zero-order valence-electron chi connectivity index (χ0n) is 15.8. The number of rotatable bonds is 5. The molecule has 28 heavy (non-hydrogen) atoms. The van der Waals surface area contributed by atoms with Gasteiger partial charge in [0.25, 0.3) is 11.5 Å². The highest BCUT2D eigenvalue weighted by molar-refractivity contribution is 7.98. The topological polar surface area (TPSA) is 84.3 Å². The molecule has 0 unspecified atom stereocenters. The lowest BCUT2D eigenvalue weighted by Gasteiger charge is -2.18. The summed E-state index contributed by atoms with van der Waals surface area (Å²) in [6, 6.07) is 14.3. The average Bonchev–Trinajstić information content (AvgIpc) is 2.70. The van der Waals surface area contributed by atoms with Gasteiger partial charge < -0.3 is 10.2 Å². The number of amides is 2. The van der Waals surface area contributed by atoms with Gasteiger partial charge in [-0.1, -0.05) is 30.3 Å². The number of carbonyl (C=O) groups is 2. The summed E-state index contributed by atoms with van der Waals surface area (Å²) in [6.45, 7) is -0.138. The van der Waals surface area contributed by atoms with Gasteiger partial charge in [0.2, 0.25) is 5.91 Å². The second-order valence-corrected chi connectivity index (χ2v) is 7.08. The Morgan fingerprint density at radius 3 is 2.46 bits per heavy atom. The van der Waals surface area contributed by atoms with Crippen LogP contribution in [0.5, 0.6) is 0 Å². The molecule has 2 amide bonds. The second-order valence-electron chi connectivity index (χ2n) is 6.23. The molecule has 0 spiro atoms. The summed E-state index contributed by atoms with van der Waals surface area (Å²) in [5.74, 6) is -0.744. The van der Waals surface area contributed by atoms with Crippen LogP contribution in [0.25, 0.3) is 10.8 Å². The van der Waals surface area contributed by atoms with E-state index < -0.39 is 5.91 Å². The van der Waals surface area contributed by atoms with Crippen LogP contribution in [0.2, 0.25) is 0 Å². The van der Waals surface area contributed by atoms with E-state index in [0.29, 0.717) is 16.5 Å². The minimum absolute atomic E-state index is 0.137. The molecule has 0 saturated heterocycles. The first kappa shape index (κ1) is 19.6. The molecule has 1 aromatic heterocycles. The molecule has 1 heterocycles. The number of aromatic nitrogens is 2. The van der Waals surface area contributed by atoms with Gasteiger partial charge in [0.05, 0.1) is 17.6 Å². The van der Waals surface area contributed by atoms with Crippen LogP contribution < -0.4 is 10.9 Å². The Hall–Kier alpha value is -3.13. The fourth-order valence-electron chi connectivity index (χ4n) is 2.86. The van der Waals surface area contributed by atoms with Gasteiger partial charge in [0, 0.05) is 24.4 Å². The number of fused-ring (bicyclic) bond motifs is 1. The Balaban J connectivity index is 1.82. The van der Waals surface area contributed by atoms with Gasteiger partial charge in [0.1, 0.15) is 0 Å². The van der Waals surface area contributed by atoms with Crippen molar-refractivity contribution in [3.05, 3.63) is 64.6 Å². The number of para-hydroxylation sites is 1. The van der Waals surface area contributed by atoms with Crippen molar-refractivity contribution in [2.24, 2.45) is 7.05 Å².